The predicted molar refractivity (Wildman–Crippen MR) is 158 cm³/mol. The minimum absolute atomic E-state index is 0.136. The number of carbonyl (C=O) groups excluding carboxylic acids is 3. The standard InChI is InChI=1S/C32H23Br2FN2O3/c33-22-14-12-20(13-15-22)18-32(26-17-28(38)37(30(26)39)24-9-4-8-23(34)16-24)25-10-5-11-27(35)29(25)36(31(32)40)19-21-6-2-1-3-7-21/h1-16,26H,17-19H2/t26-,32+/m0/s1. The molecule has 0 spiro atoms. The lowest BCUT2D eigenvalue weighted by Crippen LogP contribution is -2.50. The molecule has 0 unspecified atom stereocenters. The molecule has 8 heteroatoms. The Morgan fingerprint density at radius 2 is 1.52 bits per heavy atom. The first kappa shape index (κ1) is 26.6. The van der Waals surface area contributed by atoms with Crippen molar-refractivity contribution >= 4 is 61.0 Å². The molecule has 2 aliphatic rings. The number of benzene rings is 4. The van der Waals surface area contributed by atoms with Gasteiger partial charge < -0.3 is 4.90 Å². The molecule has 1 fully saturated rings. The van der Waals surface area contributed by atoms with Gasteiger partial charge in [-0.05, 0) is 59.5 Å². The van der Waals surface area contributed by atoms with Crippen molar-refractivity contribution in [1.82, 2.24) is 0 Å². The van der Waals surface area contributed by atoms with E-state index in [9.17, 15) is 14.4 Å². The number of anilines is 2. The number of amides is 3. The van der Waals surface area contributed by atoms with Crippen molar-refractivity contribution in [3.63, 3.8) is 0 Å². The molecule has 1 saturated heterocycles. The van der Waals surface area contributed by atoms with E-state index in [1.165, 1.54) is 11.0 Å². The molecular formula is C32H23Br2FN2O3. The molecule has 4 aromatic rings. The van der Waals surface area contributed by atoms with Gasteiger partial charge in [0, 0.05) is 15.4 Å². The average molecular weight is 662 g/mol. The summed E-state index contributed by atoms with van der Waals surface area (Å²) in [6.45, 7) is 0.139. The molecule has 2 aliphatic heterocycles. The van der Waals surface area contributed by atoms with E-state index in [1.54, 1.807) is 30.3 Å². The van der Waals surface area contributed by atoms with Crippen LogP contribution in [0.3, 0.4) is 0 Å². The fraction of sp³-hybridized carbons (Fsp3) is 0.156. The van der Waals surface area contributed by atoms with Gasteiger partial charge in [-0.1, -0.05) is 92.5 Å². The van der Waals surface area contributed by atoms with Gasteiger partial charge in [-0.15, -0.1) is 0 Å². The minimum atomic E-state index is -1.48. The van der Waals surface area contributed by atoms with Crippen LogP contribution in [0.15, 0.2) is 106 Å². The number of nitrogens with zero attached hydrogens (tertiary/aromatic N) is 2. The monoisotopic (exact) mass is 660 g/mol. The van der Waals surface area contributed by atoms with E-state index in [4.69, 9.17) is 0 Å². The molecule has 0 aliphatic carbocycles. The molecule has 4 aromatic carbocycles. The lowest BCUT2D eigenvalue weighted by Gasteiger charge is -2.33. The molecule has 5 nitrogen and oxygen atoms in total. The molecule has 3 amide bonds. The molecule has 0 aromatic heterocycles. The van der Waals surface area contributed by atoms with Gasteiger partial charge in [-0.3, -0.25) is 19.3 Å². The van der Waals surface area contributed by atoms with Crippen molar-refractivity contribution in [2.45, 2.75) is 24.8 Å². The van der Waals surface area contributed by atoms with Crippen molar-refractivity contribution in [2.24, 2.45) is 5.92 Å². The van der Waals surface area contributed by atoms with E-state index >= 15 is 4.39 Å². The summed E-state index contributed by atoms with van der Waals surface area (Å²) in [6, 6.07) is 28.4. The molecule has 6 rings (SSSR count). The number of imide groups is 1. The normalized spacial score (nSPS) is 20.4. The van der Waals surface area contributed by atoms with Crippen LogP contribution in [0.4, 0.5) is 15.8 Å². The van der Waals surface area contributed by atoms with Gasteiger partial charge in [-0.2, -0.15) is 0 Å². The van der Waals surface area contributed by atoms with Crippen LogP contribution in [0.1, 0.15) is 23.1 Å². The molecule has 200 valence electrons. The zero-order valence-corrected chi connectivity index (χ0v) is 24.4. The highest BCUT2D eigenvalue weighted by molar-refractivity contribution is 9.10. The van der Waals surface area contributed by atoms with Crippen LogP contribution in [-0.2, 0) is 32.8 Å². The summed E-state index contributed by atoms with van der Waals surface area (Å²) in [5, 5.41) is 0. The maximum absolute atomic E-state index is 15.6. The Morgan fingerprint density at radius 3 is 2.25 bits per heavy atom. The Balaban J connectivity index is 1.53. The first-order valence-electron chi connectivity index (χ1n) is 12.8. The lowest BCUT2D eigenvalue weighted by atomic mass is 9.66. The van der Waals surface area contributed by atoms with Crippen LogP contribution in [0.25, 0.3) is 0 Å². The third kappa shape index (κ3) is 4.39. The smallest absolute Gasteiger partial charge is 0.239 e. The van der Waals surface area contributed by atoms with E-state index in [-0.39, 0.29) is 31.0 Å². The summed E-state index contributed by atoms with van der Waals surface area (Å²) in [5.41, 5.74) is 1.17. The van der Waals surface area contributed by atoms with Gasteiger partial charge in [0.15, 0.2) is 0 Å². The highest BCUT2D eigenvalue weighted by atomic mass is 79.9. The summed E-state index contributed by atoms with van der Waals surface area (Å²) in [7, 11) is 0. The number of halogens is 3. The van der Waals surface area contributed by atoms with Gasteiger partial charge in [0.05, 0.1) is 29.3 Å². The fourth-order valence-electron chi connectivity index (χ4n) is 5.98. The molecule has 40 heavy (non-hydrogen) atoms. The second kappa shape index (κ2) is 10.4. The predicted octanol–water partition coefficient (Wildman–Crippen LogP) is 6.96. The number of hydrogen-bond donors (Lipinski definition) is 0. The number of fused-ring (bicyclic) bond motifs is 1. The third-order valence-electron chi connectivity index (χ3n) is 7.75. The number of rotatable bonds is 6. The first-order chi connectivity index (χ1) is 19.3. The molecule has 0 radical (unpaired) electrons. The van der Waals surface area contributed by atoms with Gasteiger partial charge in [0.25, 0.3) is 0 Å². The van der Waals surface area contributed by atoms with Gasteiger partial charge in [-0.25, -0.2) is 4.39 Å². The number of hydrogen-bond acceptors (Lipinski definition) is 3. The summed E-state index contributed by atoms with van der Waals surface area (Å²) in [4.78, 5) is 44.9. The highest BCUT2D eigenvalue weighted by Crippen LogP contribution is 2.53. The highest BCUT2D eigenvalue weighted by Gasteiger charge is 2.62. The summed E-state index contributed by atoms with van der Waals surface area (Å²) in [5.74, 6) is -2.81. The van der Waals surface area contributed by atoms with E-state index in [0.29, 0.717) is 11.3 Å². The Bertz CT molecular complexity index is 1640. The largest absolute Gasteiger partial charge is 0.304 e. The van der Waals surface area contributed by atoms with Gasteiger partial charge in [0.2, 0.25) is 17.7 Å². The maximum Gasteiger partial charge on any atom is 0.239 e. The van der Waals surface area contributed by atoms with Crippen LogP contribution >= 0.6 is 31.9 Å². The SMILES string of the molecule is O=C1C[C@H]([C@]2(Cc3ccc(Br)cc3)C(=O)N(Cc3ccccc3)c3c(F)cccc32)C(=O)N1c1cccc(Br)c1. The Labute approximate surface area is 247 Å². The molecule has 0 saturated carbocycles. The summed E-state index contributed by atoms with van der Waals surface area (Å²) < 4.78 is 17.2. The molecule has 0 N–H and O–H groups in total. The molecule has 2 heterocycles. The van der Waals surface area contributed by atoms with Crippen molar-refractivity contribution < 1.29 is 18.8 Å². The summed E-state index contributed by atoms with van der Waals surface area (Å²) >= 11 is 6.87. The Morgan fingerprint density at radius 1 is 0.800 bits per heavy atom. The van der Waals surface area contributed by atoms with Crippen LogP contribution in [0, 0.1) is 11.7 Å². The van der Waals surface area contributed by atoms with E-state index < -0.39 is 29.0 Å². The van der Waals surface area contributed by atoms with Crippen molar-refractivity contribution in [3.8, 4) is 0 Å². The maximum atomic E-state index is 15.6. The topological polar surface area (TPSA) is 57.7 Å². The van der Waals surface area contributed by atoms with E-state index in [2.05, 4.69) is 31.9 Å². The number of carbonyl (C=O) groups is 3. The van der Waals surface area contributed by atoms with Crippen molar-refractivity contribution in [3.05, 3.63) is 129 Å². The second-order valence-electron chi connectivity index (χ2n) is 10.1. The van der Waals surface area contributed by atoms with Crippen molar-refractivity contribution in [2.75, 3.05) is 9.80 Å². The molecular weight excluding hydrogens is 639 g/mol. The Hall–Kier alpha value is -3.62. The van der Waals surface area contributed by atoms with Crippen LogP contribution in [0.5, 0.6) is 0 Å². The second-order valence-corrected chi connectivity index (χ2v) is 11.9. The third-order valence-corrected chi connectivity index (χ3v) is 8.77. The summed E-state index contributed by atoms with van der Waals surface area (Å²) in [6.07, 6.45) is -0.0282. The zero-order chi connectivity index (χ0) is 28.0. The quantitative estimate of drug-likeness (QED) is 0.210. The molecule has 0 bridgehead atoms. The minimum Gasteiger partial charge on any atom is -0.304 e. The van der Waals surface area contributed by atoms with E-state index in [1.807, 2.05) is 60.7 Å². The molecule has 2 atom stereocenters. The lowest BCUT2D eigenvalue weighted by molar-refractivity contribution is -0.131. The average Bonchev–Trinajstić information content (AvgIpc) is 3.37. The van der Waals surface area contributed by atoms with Crippen molar-refractivity contribution in [1.29, 1.82) is 0 Å². The van der Waals surface area contributed by atoms with Crippen LogP contribution in [0.2, 0.25) is 0 Å². The van der Waals surface area contributed by atoms with Crippen LogP contribution < -0.4 is 9.80 Å². The van der Waals surface area contributed by atoms with Crippen LogP contribution in [-0.4, -0.2) is 17.7 Å². The fourth-order valence-corrected chi connectivity index (χ4v) is 6.63. The zero-order valence-electron chi connectivity index (χ0n) is 21.2. The number of para-hydroxylation sites is 1. The van der Waals surface area contributed by atoms with Gasteiger partial charge in [0.1, 0.15) is 5.82 Å². The van der Waals surface area contributed by atoms with Gasteiger partial charge >= 0.3 is 0 Å². The first-order valence-corrected chi connectivity index (χ1v) is 14.4. The van der Waals surface area contributed by atoms with E-state index in [0.717, 1.165) is 25.0 Å². The Kier molecular flexibility index (Phi) is 6.92.